The summed E-state index contributed by atoms with van der Waals surface area (Å²) in [5, 5.41) is 13.2. The lowest BCUT2D eigenvalue weighted by Crippen LogP contribution is -2.52. The fourth-order valence-corrected chi connectivity index (χ4v) is 3.78. The van der Waals surface area contributed by atoms with Gasteiger partial charge in [0.15, 0.2) is 0 Å². The monoisotopic (exact) mass is 464 g/mol. The SMILES string of the molecule is CNC(=O)c1ccc(S(=O)(=O)c2ccc(NC(=O)C(C)(O)C(F)(F)F)c(Cl)c2)cc1. The maximum absolute atomic E-state index is 12.7. The molecule has 0 aliphatic rings. The first-order valence-corrected chi connectivity index (χ1v) is 10.0. The van der Waals surface area contributed by atoms with E-state index in [-0.39, 0.29) is 33.0 Å². The third-order valence-electron chi connectivity index (χ3n) is 4.15. The fraction of sp³-hybridized carbons (Fsp3) is 0.222. The molecule has 2 rings (SSSR count). The van der Waals surface area contributed by atoms with Crippen LogP contribution in [0.4, 0.5) is 18.9 Å². The van der Waals surface area contributed by atoms with E-state index in [0.29, 0.717) is 0 Å². The molecule has 1 atom stereocenters. The van der Waals surface area contributed by atoms with Gasteiger partial charge in [0.2, 0.25) is 15.4 Å². The third kappa shape index (κ3) is 4.58. The maximum Gasteiger partial charge on any atom is 0.426 e. The van der Waals surface area contributed by atoms with Crippen molar-refractivity contribution in [3.05, 3.63) is 53.1 Å². The predicted molar refractivity (Wildman–Crippen MR) is 102 cm³/mol. The largest absolute Gasteiger partial charge is 0.426 e. The number of halogens is 4. The Morgan fingerprint density at radius 3 is 2.03 bits per heavy atom. The Hall–Kier alpha value is -2.63. The van der Waals surface area contributed by atoms with Crippen LogP contribution in [0.25, 0.3) is 0 Å². The molecule has 2 aromatic carbocycles. The van der Waals surface area contributed by atoms with E-state index in [0.717, 1.165) is 18.2 Å². The van der Waals surface area contributed by atoms with E-state index in [2.05, 4.69) is 5.32 Å². The minimum absolute atomic E-state index is 0.150. The van der Waals surface area contributed by atoms with Gasteiger partial charge in [-0.15, -0.1) is 0 Å². The normalized spacial score (nSPS) is 14.0. The first kappa shape index (κ1) is 23.6. The van der Waals surface area contributed by atoms with Gasteiger partial charge in [0.05, 0.1) is 20.5 Å². The van der Waals surface area contributed by atoms with Gasteiger partial charge in [-0.05, 0) is 49.4 Å². The van der Waals surface area contributed by atoms with Gasteiger partial charge in [0.25, 0.3) is 11.8 Å². The average Bonchev–Trinajstić information content (AvgIpc) is 2.67. The lowest BCUT2D eigenvalue weighted by molar-refractivity contribution is -0.242. The molecular weight excluding hydrogens is 449 g/mol. The zero-order valence-corrected chi connectivity index (χ0v) is 17.1. The van der Waals surface area contributed by atoms with E-state index in [1.54, 1.807) is 0 Å². The third-order valence-corrected chi connectivity index (χ3v) is 6.23. The number of anilines is 1. The van der Waals surface area contributed by atoms with E-state index >= 15 is 0 Å². The van der Waals surface area contributed by atoms with Crippen LogP contribution in [0, 0.1) is 0 Å². The summed E-state index contributed by atoms with van der Waals surface area (Å²) in [5.41, 5.74) is -3.75. The number of benzene rings is 2. The number of aliphatic hydroxyl groups is 1. The molecule has 0 radical (unpaired) electrons. The minimum atomic E-state index is -5.23. The molecule has 3 N–H and O–H groups in total. The Morgan fingerprint density at radius 2 is 1.57 bits per heavy atom. The highest BCUT2D eigenvalue weighted by Crippen LogP contribution is 2.33. The highest BCUT2D eigenvalue weighted by atomic mass is 35.5. The molecule has 0 saturated carbocycles. The summed E-state index contributed by atoms with van der Waals surface area (Å²) < 4.78 is 63.7. The zero-order chi connectivity index (χ0) is 22.9. The minimum Gasteiger partial charge on any atom is -0.373 e. The lowest BCUT2D eigenvalue weighted by atomic mass is 10.1. The second-order valence-electron chi connectivity index (χ2n) is 6.27. The van der Waals surface area contributed by atoms with Crippen LogP contribution in [0.15, 0.2) is 52.3 Å². The van der Waals surface area contributed by atoms with E-state index < -0.39 is 33.4 Å². The molecule has 162 valence electrons. The summed E-state index contributed by atoms with van der Waals surface area (Å²) in [5.74, 6) is -2.19. The van der Waals surface area contributed by atoms with Crippen LogP contribution in [0.2, 0.25) is 5.02 Å². The van der Waals surface area contributed by atoms with E-state index in [9.17, 15) is 36.3 Å². The molecule has 30 heavy (non-hydrogen) atoms. The van der Waals surface area contributed by atoms with Crippen LogP contribution < -0.4 is 10.6 Å². The number of nitrogens with one attached hydrogen (secondary N) is 2. The summed E-state index contributed by atoms with van der Waals surface area (Å²) in [4.78, 5) is 22.9. The quantitative estimate of drug-likeness (QED) is 0.630. The molecule has 1 unspecified atom stereocenters. The number of amides is 2. The number of sulfone groups is 1. The summed E-state index contributed by atoms with van der Waals surface area (Å²) in [6, 6.07) is 8.02. The molecule has 0 aliphatic carbocycles. The van der Waals surface area contributed by atoms with Gasteiger partial charge in [-0.1, -0.05) is 11.6 Å². The average molecular weight is 465 g/mol. The van der Waals surface area contributed by atoms with Crippen molar-refractivity contribution in [1.29, 1.82) is 0 Å². The van der Waals surface area contributed by atoms with Gasteiger partial charge in [-0.25, -0.2) is 8.42 Å². The summed E-state index contributed by atoms with van der Waals surface area (Å²) in [7, 11) is -2.65. The summed E-state index contributed by atoms with van der Waals surface area (Å²) >= 11 is 5.92. The Labute approximate surface area is 174 Å². The fourth-order valence-electron chi connectivity index (χ4n) is 2.20. The van der Waals surface area contributed by atoms with Crippen molar-refractivity contribution in [3.63, 3.8) is 0 Å². The van der Waals surface area contributed by atoms with Crippen LogP contribution in [0.1, 0.15) is 17.3 Å². The highest BCUT2D eigenvalue weighted by molar-refractivity contribution is 7.91. The van der Waals surface area contributed by atoms with Gasteiger partial charge >= 0.3 is 6.18 Å². The van der Waals surface area contributed by atoms with Crippen molar-refractivity contribution >= 4 is 38.9 Å². The van der Waals surface area contributed by atoms with Gasteiger partial charge < -0.3 is 15.7 Å². The van der Waals surface area contributed by atoms with Crippen LogP contribution >= 0.6 is 11.6 Å². The topological polar surface area (TPSA) is 113 Å². The Balaban J connectivity index is 2.32. The zero-order valence-electron chi connectivity index (χ0n) is 15.5. The number of alkyl halides is 3. The molecule has 0 aliphatic heterocycles. The molecule has 12 heteroatoms. The second-order valence-corrected chi connectivity index (χ2v) is 8.63. The van der Waals surface area contributed by atoms with Crippen molar-refractivity contribution < 1.29 is 36.3 Å². The number of carbonyl (C=O) groups excluding carboxylic acids is 2. The molecule has 2 amide bonds. The molecule has 0 fully saturated rings. The van der Waals surface area contributed by atoms with E-state index in [1.807, 2.05) is 5.32 Å². The first-order chi connectivity index (χ1) is 13.7. The summed E-state index contributed by atoms with van der Waals surface area (Å²) in [6.07, 6.45) is -5.23. The van der Waals surface area contributed by atoms with Crippen molar-refractivity contribution in [1.82, 2.24) is 5.32 Å². The Kier molecular flexibility index (Phi) is 6.50. The van der Waals surface area contributed by atoms with E-state index in [4.69, 9.17) is 11.6 Å². The number of carbonyl (C=O) groups is 2. The molecule has 2 aromatic rings. The number of hydrogen-bond donors (Lipinski definition) is 3. The van der Waals surface area contributed by atoms with Crippen molar-refractivity contribution in [3.8, 4) is 0 Å². The van der Waals surface area contributed by atoms with Crippen molar-refractivity contribution in [2.45, 2.75) is 28.5 Å². The number of rotatable bonds is 5. The highest BCUT2D eigenvalue weighted by Gasteiger charge is 2.55. The van der Waals surface area contributed by atoms with E-state index in [1.165, 1.54) is 31.3 Å². The molecule has 0 saturated heterocycles. The van der Waals surface area contributed by atoms with Gasteiger partial charge in [0.1, 0.15) is 0 Å². The molecule has 0 heterocycles. The lowest BCUT2D eigenvalue weighted by Gasteiger charge is -2.25. The van der Waals surface area contributed by atoms with Gasteiger partial charge in [-0.2, -0.15) is 13.2 Å². The molecule has 7 nitrogen and oxygen atoms in total. The first-order valence-electron chi connectivity index (χ1n) is 8.19. The van der Waals surface area contributed by atoms with Crippen LogP contribution in [-0.4, -0.2) is 44.2 Å². The van der Waals surface area contributed by atoms with Gasteiger partial charge in [-0.3, -0.25) is 9.59 Å². The Morgan fingerprint density at radius 1 is 1.03 bits per heavy atom. The van der Waals surface area contributed by atoms with Crippen molar-refractivity contribution in [2.24, 2.45) is 0 Å². The predicted octanol–water partition coefficient (Wildman–Crippen LogP) is 2.78. The molecular formula is C18H16ClF3N2O5S. The van der Waals surface area contributed by atoms with Crippen LogP contribution in [-0.2, 0) is 14.6 Å². The smallest absolute Gasteiger partial charge is 0.373 e. The molecule has 0 spiro atoms. The van der Waals surface area contributed by atoms with Crippen molar-refractivity contribution in [2.75, 3.05) is 12.4 Å². The van der Waals surface area contributed by atoms with Gasteiger partial charge in [0, 0.05) is 12.6 Å². The molecule has 0 bridgehead atoms. The van der Waals surface area contributed by atoms with Crippen LogP contribution in [0.5, 0.6) is 0 Å². The molecule has 0 aromatic heterocycles. The van der Waals surface area contributed by atoms with Crippen LogP contribution in [0.3, 0.4) is 0 Å². The summed E-state index contributed by atoms with van der Waals surface area (Å²) in [6.45, 7) is 0.275. The second kappa shape index (κ2) is 8.25. The number of hydrogen-bond acceptors (Lipinski definition) is 5. The Bertz CT molecular complexity index is 1080. The standard InChI is InChI=1S/C18H16ClF3N2O5S/c1-17(27,18(20,21)22)16(26)24-14-8-7-12(9-13(14)19)30(28,29)11-5-3-10(4-6-11)15(25)23-2/h3-9,27H,1-2H3,(H,23,25)(H,24,26). The maximum atomic E-state index is 12.7.